The van der Waals surface area contributed by atoms with Gasteiger partial charge in [-0.2, -0.15) is 0 Å². The number of benzene rings is 2. The van der Waals surface area contributed by atoms with Crippen molar-refractivity contribution in [3.63, 3.8) is 0 Å². The number of anilines is 1. The zero-order valence-electron chi connectivity index (χ0n) is 14.7. The van der Waals surface area contributed by atoms with Gasteiger partial charge in [-0.3, -0.25) is 9.59 Å². The lowest BCUT2D eigenvalue weighted by atomic mass is 10.1. The molecule has 0 fully saturated rings. The number of carbonyl (C=O) groups excluding carboxylic acids is 2. The lowest BCUT2D eigenvalue weighted by molar-refractivity contribution is 0.0998. The first-order chi connectivity index (χ1) is 12.0. The van der Waals surface area contributed by atoms with Crippen molar-refractivity contribution in [2.75, 3.05) is 5.32 Å². The minimum Gasteiger partial charge on any atom is -0.366 e. The second kappa shape index (κ2) is 7.27. The summed E-state index contributed by atoms with van der Waals surface area (Å²) >= 11 is 0. The Balaban J connectivity index is 2.21. The highest BCUT2D eigenvalue weighted by Gasteiger charge is 2.22. The highest BCUT2D eigenvalue weighted by molar-refractivity contribution is 7.89. The molecule has 0 spiro atoms. The second-order valence-corrected chi connectivity index (χ2v) is 8.46. The molecular weight excluding hydrogens is 354 g/mol. The maximum atomic E-state index is 12.4. The molecule has 7 nitrogen and oxygen atoms in total. The van der Waals surface area contributed by atoms with E-state index in [1.807, 2.05) is 0 Å². The number of hydrogen-bond donors (Lipinski definition) is 3. The Bertz CT molecular complexity index is 930. The van der Waals surface area contributed by atoms with E-state index in [9.17, 15) is 18.0 Å². The number of carbonyl (C=O) groups is 2. The molecule has 4 N–H and O–H groups in total. The van der Waals surface area contributed by atoms with Gasteiger partial charge in [0.05, 0.1) is 4.90 Å². The smallest absolute Gasteiger partial charge is 0.255 e. The number of hydrogen-bond acceptors (Lipinski definition) is 4. The van der Waals surface area contributed by atoms with Crippen LogP contribution in [-0.4, -0.2) is 25.8 Å². The molecule has 8 heteroatoms. The van der Waals surface area contributed by atoms with Crippen LogP contribution < -0.4 is 15.8 Å². The Labute approximate surface area is 152 Å². The van der Waals surface area contributed by atoms with Crippen LogP contribution in [0.3, 0.4) is 0 Å². The van der Waals surface area contributed by atoms with E-state index in [1.165, 1.54) is 36.4 Å². The summed E-state index contributed by atoms with van der Waals surface area (Å²) in [6.45, 7) is 5.20. The Kier molecular flexibility index (Phi) is 5.48. The van der Waals surface area contributed by atoms with Gasteiger partial charge in [-0.05, 0) is 63.2 Å². The maximum absolute atomic E-state index is 12.4. The summed E-state index contributed by atoms with van der Waals surface area (Å²) in [5, 5.41) is 2.64. The first kappa shape index (κ1) is 19.6. The van der Waals surface area contributed by atoms with Crippen molar-refractivity contribution in [2.24, 2.45) is 5.73 Å². The van der Waals surface area contributed by atoms with Crippen LogP contribution in [0.15, 0.2) is 53.4 Å². The summed E-state index contributed by atoms with van der Waals surface area (Å²) in [7, 11) is -3.74. The third-order valence-corrected chi connectivity index (χ3v) is 5.03. The molecule has 0 aliphatic heterocycles. The van der Waals surface area contributed by atoms with Gasteiger partial charge in [0.1, 0.15) is 0 Å². The van der Waals surface area contributed by atoms with Crippen LogP contribution in [0.5, 0.6) is 0 Å². The molecule has 0 saturated carbocycles. The minimum atomic E-state index is -3.74. The molecule has 0 bridgehead atoms. The zero-order valence-corrected chi connectivity index (χ0v) is 15.6. The monoisotopic (exact) mass is 375 g/mol. The third kappa shape index (κ3) is 5.14. The number of primary amides is 1. The molecule has 2 rings (SSSR count). The number of nitrogens with one attached hydrogen (secondary N) is 2. The predicted molar refractivity (Wildman–Crippen MR) is 99.4 cm³/mol. The van der Waals surface area contributed by atoms with Gasteiger partial charge in [-0.25, -0.2) is 13.1 Å². The van der Waals surface area contributed by atoms with Crippen molar-refractivity contribution >= 4 is 27.5 Å². The van der Waals surface area contributed by atoms with E-state index in [4.69, 9.17) is 5.73 Å². The fraction of sp³-hybridized carbons (Fsp3) is 0.222. The van der Waals surface area contributed by atoms with E-state index in [2.05, 4.69) is 10.0 Å². The molecule has 0 aliphatic carbocycles. The van der Waals surface area contributed by atoms with Gasteiger partial charge < -0.3 is 11.1 Å². The summed E-state index contributed by atoms with van der Waals surface area (Å²) in [5.41, 5.74) is 5.51. The molecule has 0 heterocycles. The third-order valence-electron chi connectivity index (χ3n) is 3.27. The Morgan fingerprint density at radius 2 is 1.58 bits per heavy atom. The van der Waals surface area contributed by atoms with Gasteiger partial charge in [-0.15, -0.1) is 0 Å². The van der Waals surface area contributed by atoms with Crippen LogP contribution in [0.4, 0.5) is 5.69 Å². The maximum Gasteiger partial charge on any atom is 0.255 e. The van der Waals surface area contributed by atoms with Crippen LogP contribution in [0.1, 0.15) is 41.5 Å². The van der Waals surface area contributed by atoms with E-state index in [0.717, 1.165) is 0 Å². The number of amides is 2. The van der Waals surface area contributed by atoms with Gasteiger partial charge in [0, 0.05) is 22.4 Å². The molecule has 2 aromatic rings. The van der Waals surface area contributed by atoms with Gasteiger partial charge in [0.25, 0.3) is 5.91 Å². The van der Waals surface area contributed by atoms with Gasteiger partial charge >= 0.3 is 0 Å². The SMILES string of the molecule is CC(C)(C)NS(=O)(=O)c1cccc(C(=O)Nc2ccc(C(N)=O)cc2)c1. The highest BCUT2D eigenvalue weighted by atomic mass is 32.2. The Morgan fingerprint density at radius 1 is 0.962 bits per heavy atom. The van der Waals surface area contributed by atoms with Crippen molar-refractivity contribution in [1.82, 2.24) is 4.72 Å². The van der Waals surface area contributed by atoms with E-state index >= 15 is 0 Å². The van der Waals surface area contributed by atoms with Gasteiger partial charge in [-0.1, -0.05) is 6.07 Å². The van der Waals surface area contributed by atoms with Crippen molar-refractivity contribution in [2.45, 2.75) is 31.2 Å². The lowest BCUT2D eigenvalue weighted by Crippen LogP contribution is -2.40. The first-order valence-corrected chi connectivity index (χ1v) is 9.31. The molecule has 2 aromatic carbocycles. The number of nitrogens with two attached hydrogens (primary N) is 1. The molecule has 26 heavy (non-hydrogen) atoms. The lowest BCUT2D eigenvalue weighted by Gasteiger charge is -2.20. The number of sulfonamides is 1. The van der Waals surface area contributed by atoms with Crippen molar-refractivity contribution in [3.05, 3.63) is 59.7 Å². The largest absolute Gasteiger partial charge is 0.366 e. The summed E-state index contributed by atoms with van der Waals surface area (Å²) in [4.78, 5) is 23.4. The van der Waals surface area contributed by atoms with Crippen LogP contribution in [0, 0.1) is 0 Å². The van der Waals surface area contributed by atoms with Gasteiger partial charge in [0.2, 0.25) is 15.9 Å². The summed E-state index contributed by atoms with van der Waals surface area (Å²) in [5.74, 6) is -1.03. The molecule has 138 valence electrons. The fourth-order valence-electron chi connectivity index (χ4n) is 2.19. The molecular formula is C18H21N3O4S. The second-order valence-electron chi connectivity index (χ2n) is 6.78. The average Bonchev–Trinajstić information content (AvgIpc) is 2.53. The van der Waals surface area contributed by atoms with Crippen molar-refractivity contribution in [1.29, 1.82) is 0 Å². The van der Waals surface area contributed by atoms with Crippen LogP contribution in [-0.2, 0) is 10.0 Å². The first-order valence-electron chi connectivity index (χ1n) is 7.83. The van der Waals surface area contributed by atoms with E-state index in [1.54, 1.807) is 32.9 Å². The molecule has 0 radical (unpaired) electrons. The van der Waals surface area contributed by atoms with Crippen molar-refractivity contribution < 1.29 is 18.0 Å². The van der Waals surface area contributed by atoms with Crippen molar-refractivity contribution in [3.8, 4) is 0 Å². The molecule has 2 amide bonds. The quantitative estimate of drug-likeness (QED) is 0.741. The number of rotatable bonds is 5. The minimum absolute atomic E-state index is 0.00384. The zero-order chi connectivity index (χ0) is 19.5. The fourth-order valence-corrected chi connectivity index (χ4v) is 3.65. The summed E-state index contributed by atoms with van der Waals surface area (Å²) in [6, 6.07) is 11.8. The molecule has 0 aliphatic rings. The predicted octanol–water partition coefficient (Wildman–Crippen LogP) is 2.11. The van der Waals surface area contributed by atoms with E-state index in [-0.39, 0.29) is 10.5 Å². The topological polar surface area (TPSA) is 118 Å². The van der Waals surface area contributed by atoms with Crippen LogP contribution in [0.2, 0.25) is 0 Å². The molecule has 0 atom stereocenters. The molecule has 0 unspecified atom stereocenters. The summed E-state index contributed by atoms with van der Waals surface area (Å²) < 4.78 is 27.3. The standard InChI is InChI=1S/C18H21N3O4S/c1-18(2,3)21-26(24,25)15-6-4-5-13(11-15)17(23)20-14-9-7-12(8-10-14)16(19)22/h4-11,21H,1-3H3,(H2,19,22)(H,20,23). The summed E-state index contributed by atoms with van der Waals surface area (Å²) in [6.07, 6.45) is 0. The highest BCUT2D eigenvalue weighted by Crippen LogP contribution is 2.16. The van der Waals surface area contributed by atoms with E-state index in [0.29, 0.717) is 11.3 Å². The average molecular weight is 375 g/mol. The van der Waals surface area contributed by atoms with Gasteiger partial charge in [0.15, 0.2) is 0 Å². The molecule has 0 saturated heterocycles. The Hall–Kier alpha value is -2.71. The van der Waals surface area contributed by atoms with E-state index < -0.39 is 27.4 Å². The van der Waals surface area contributed by atoms with Crippen LogP contribution >= 0.6 is 0 Å². The van der Waals surface area contributed by atoms with Crippen LogP contribution in [0.25, 0.3) is 0 Å². The normalized spacial score (nSPS) is 11.8. The Morgan fingerprint density at radius 3 is 2.12 bits per heavy atom. The molecule has 0 aromatic heterocycles.